The van der Waals surface area contributed by atoms with Gasteiger partial charge < -0.3 is 25.2 Å². The Hall–Kier alpha value is -4.57. The predicted octanol–water partition coefficient (Wildman–Crippen LogP) is 3.69. The van der Waals surface area contributed by atoms with Crippen LogP contribution >= 0.6 is 0 Å². The van der Waals surface area contributed by atoms with Crippen molar-refractivity contribution < 1.29 is 9.53 Å². The van der Waals surface area contributed by atoms with E-state index in [0.29, 0.717) is 34.9 Å². The number of hydrogen-bond acceptors (Lipinski definition) is 9. The first kappa shape index (κ1) is 24.1. The molecule has 0 bridgehead atoms. The van der Waals surface area contributed by atoms with Crippen molar-refractivity contribution in [3.63, 3.8) is 0 Å². The Morgan fingerprint density at radius 2 is 1.73 bits per heavy atom. The number of pyridine rings is 1. The molecule has 0 aliphatic carbocycles. The molecule has 5 rings (SSSR count). The number of aromatic nitrogens is 4. The molecular weight excluding hydrogens is 468 g/mol. The van der Waals surface area contributed by atoms with Crippen molar-refractivity contribution in [2.24, 2.45) is 0 Å². The van der Waals surface area contributed by atoms with E-state index >= 15 is 0 Å². The maximum absolute atomic E-state index is 12.8. The lowest BCUT2D eigenvalue weighted by atomic mass is 10.2. The second-order valence-electron chi connectivity index (χ2n) is 8.68. The monoisotopic (exact) mass is 496 g/mol. The average Bonchev–Trinajstić information content (AvgIpc) is 2.94. The average molecular weight is 497 g/mol. The Morgan fingerprint density at radius 3 is 2.51 bits per heavy atom. The number of piperazine rings is 1. The fourth-order valence-corrected chi connectivity index (χ4v) is 3.94. The number of likely N-dealkylation sites (N-methyl/N-ethyl adjacent to an activating group) is 1. The van der Waals surface area contributed by atoms with Crippen LogP contribution in [0.5, 0.6) is 5.75 Å². The standard InChI is InChI=1S/C27H28N8O2/c1-34-13-15-35(16-14-34)27-32-24(19-7-6-10-22(17-19)37-2)31-26(33-27)30-23-18-20(11-12-28-23)25(36)29-21-8-4-3-5-9-21/h3-12,17-18H,13-16H2,1-2H3,(H,29,36)(H,28,30,31,32,33). The number of carbonyl (C=O) groups is 1. The summed E-state index contributed by atoms with van der Waals surface area (Å²) in [5, 5.41) is 6.06. The van der Waals surface area contributed by atoms with Gasteiger partial charge in [-0.3, -0.25) is 4.79 Å². The predicted molar refractivity (Wildman–Crippen MR) is 143 cm³/mol. The Balaban J connectivity index is 1.44. The maximum Gasteiger partial charge on any atom is 0.255 e. The van der Waals surface area contributed by atoms with E-state index < -0.39 is 0 Å². The zero-order valence-corrected chi connectivity index (χ0v) is 20.8. The van der Waals surface area contributed by atoms with Crippen LogP contribution < -0.4 is 20.3 Å². The van der Waals surface area contributed by atoms with Crippen molar-refractivity contribution in [1.29, 1.82) is 0 Å². The summed E-state index contributed by atoms with van der Waals surface area (Å²) in [6, 6.07) is 20.2. The third-order valence-electron chi connectivity index (χ3n) is 6.03. The van der Waals surface area contributed by atoms with E-state index in [1.807, 2.05) is 54.6 Å². The van der Waals surface area contributed by atoms with E-state index in [2.05, 4.69) is 37.4 Å². The summed E-state index contributed by atoms with van der Waals surface area (Å²) in [6.45, 7) is 3.46. The first-order chi connectivity index (χ1) is 18.1. The molecule has 2 N–H and O–H groups in total. The molecule has 0 spiro atoms. The number of nitrogens with zero attached hydrogens (tertiary/aromatic N) is 6. The second-order valence-corrected chi connectivity index (χ2v) is 8.68. The lowest BCUT2D eigenvalue weighted by Crippen LogP contribution is -2.45. The minimum atomic E-state index is -0.234. The fraction of sp³-hybridized carbons (Fsp3) is 0.222. The van der Waals surface area contributed by atoms with Gasteiger partial charge in [0, 0.05) is 49.2 Å². The topological polar surface area (TPSA) is 108 Å². The van der Waals surface area contributed by atoms with Gasteiger partial charge in [-0.2, -0.15) is 15.0 Å². The van der Waals surface area contributed by atoms with Crippen LogP contribution in [0.1, 0.15) is 10.4 Å². The van der Waals surface area contributed by atoms with Crippen molar-refractivity contribution in [3.05, 3.63) is 78.5 Å². The van der Waals surface area contributed by atoms with Gasteiger partial charge in [-0.1, -0.05) is 30.3 Å². The molecule has 1 amide bonds. The van der Waals surface area contributed by atoms with Crippen molar-refractivity contribution >= 4 is 29.3 Å². The largest absolute Gasteiger partial charge is 0.497 e. The summed E-state index contributed by atoms with van der Waals surface area (Å²) in [7, 11) is 3.73. The summed E-state index contributed by atoms with van der Waals surface area (Å²) in [5.74, 6) is 2.38. The van der Waals surface area contributed by atoms with Crippen LogP contribution in [0, 0.1) is 0 Å². The van der Waals surface area contributed by atoms with Gasteiger partial charge in [0.1, 0.15) is 11.6 Å². The van der Waals surface area contributed by atoms with Gasteiger partial charge in [-0.25, -0.2) is 4.98 Å². The normalized spacial score (nSPS) is 13.7. The first-order valence-corrected chi connectivity index (χ1v) is 12.0. The molecule has 0 unspecified atom stereocenters. The number of para-hydroxylation sites is 1. The van der Waals surface area contributed by atoms with E-state index in [1.54, 1.807) is 25.4 Å². The van der Waals surface area contributed by atoms with Gasteiger partial charge in [0.25, 0.3) is 5.91 Å². The second kappa shape index (κ2) is 11.0. The number of methoxy groups -OCH3 is 1. The van der Waals surface area contributed by atoms with Crippen LogP contribution in [0.4, 0.5) is 23.4 Å². The number of anilines is 4. The van der Waals surface area contributed by atoms with Gasteiger partial charge in [-0.05, 0) is 43.4 Å². The van der Waals surface area contributed by atoms with E-state index in [9.17, 15) is 4.79 Å². The number of benzene rings is 2. The first-order valence-electron chi connectivity index (χ1n) is 12.0. The highest BCUT2D eigenvalue weighted by Crippen LogP contribution is 2.25. The lowest BCUT2D eigenvalue weighted by Gasteiger charge is -2.32. The number of ether oxygens (including phenoxy) is 1. The molecule has 188 valence electrons. The van der Waals surface area contributed by atoms with E-state index in [1.165, 1.54) is 0 Å². The molecule has 37 heavy (non-hydrogen) atoms. The van der Waals surface area contributed by atoms with E-state index in [-0.39, 0.29) is 5.91 Å². The molecule has 1 saturated heterocycles. The minimum absolute atomic E-state index is 0.234. The van der Waals surface area contributed by atoms with Gasteiger partial charge in [-0.15, -0.1) is 0 Å². The maximum atomic E-state index is 12.8. The van der Waals surface area contributed by atoms with Crippen LogP contribution in [0.25, 0.3) is 11.4 Å². The van der Waals surface area contributed by atoms with E-state index in [4.69, 9.17) is 14.7 Å². The zero-order chi connectivity index (χ0) is 25.6. The highest BCUT2D eigenvalue weighted by atomic mass is 16.5. The number of rotatable bonds is 7. The molecule has 0 radical (unpaired) electrons. The zero-order valence-electron chi connectivity index (χ0n) is 20.8. The number of hydrogen-bond donors (Lipinski definition) is 2. The summed E-state index contributed by atoms with van der Waals surface area (Å²) in [6.07, 6.45) is 1.58. The van der Waals surface area contributed by atoms with Gasteiger partial charge in [0.2, 0.25) is 11.9 Å². The Bertz CT molecular complexity index is 1370. The van der Waals surface area contributed by atoms with Gasteiger partial charge >= 0.3 is 0 Å². The smallest absolute Gasteiger partial charge is 0.255 e. The lowest BCUT2D eigenvalue weighted by molar-refractivity contribution is 0.102. The molecule has 10 nitrogen and oxygen atoms in total. The van der Waals surface area contributed by atoms with Gasteiger partial charge in [0.05, 0.1) is 7.11 Å². The van der Waals surface area contributed by atoms with Crippen molar-refractivity contribution in [2.45, 2.75) is 0 Å². The Kier molecular flexibility index (Phi) is 7.18. The minimum Gasteiger partial charge on any atom is -0.497 e. The molecule has 4 aromatic rings. The highest BCUT2D eigenvalue weighted by Gasteiger charge is 2.20. The molecule has 1 fully saturated rings. The molecule has 2 aromatic carbocycles. The van der Waals surface area contributed by atoms with Crippen LogP contribution in [0.15, 0.2) is 72.9 Å². The number of amides is 1. The molecule has 1 aliphatic heterocycles. The third-order valence-corrected chi connectivity index (χ3v) is 6.03. The highest BCUT2D eigenvalue weighted by molar-refractivity contribution is 6.04. The molecule has 10 heteroatoms. The number of nitrogens with one attached hydrogen (secondary N) is 2. The van der Waals surface area contributed by atoms with Crippen molar-refractivity contribution in [2.75, 3.05) is 55.9 Å². The van der Waals surface area contributed by atoms with Crippen LogP contribution in [-0.4, -0.2) is 71.1 Å². The van der Waals surface area contributed by atoms with Crippen molar-refractivity contribution in [3.8, 4) is 17.1 Å². The Morgan fingerprint density at radius 1 is 0.919 bits per heavy atom. The van der Waals surface area contributed by atoms with E-state index in [0.717, 1.165) is 37.4 Å². The fourth-order valence-electron chi connectivity index (χ4n) is 3.94. The molecule has 0 saturated carbocycles. The summed E-state index contributed by atoms with van der Waals surface area (Å²) >= 11 is 0. The summed E-state index contributed by atoms with van der Waals surface area (Å²) < 4.78 is 5.39. The molecule has 3 heterocycles. The quantitative estimate of drug-likeness (QED) is 0.396. The SMILES string of the molecule is COc1cccc(-c2nc(Nc3cc(C(=O)Nc4ccccc4)ccn3)nc(N3CCN(C)CC3)n2)c1. The summed E-state index contributed by atoms with van der Waals surface area (Å²) in [4.78, 5) is 35.7. The number of carbonyl (C=O) groups excluding carboxylic acids is 1. The molecular formula is C27H28N8O2. The molecule has 0 atom stereocenters. The van der Waals surface area contributed by atoms with Crippen LogP contribution in [0.2, 0.25) is 0 Å². The summed E-state index contributed by atoms with van der Waals surface area (Å²) in [5.41, 5.74) is 1.99. The van der Waals surface area contributed by atoms with Crippen LogP contribution in [0.3, 0.4) is 0 Å². The van der Waals surface area contributed by atoms with Crippen molar-refractivity contribution in [1.82, 2.24) is 24.8 Å². The van der Waals surface area contributed by atoms with Gasteiger partial charge in [0.15, 0.2) is 5.82 Å². The molecule has 2 aromatic heterocycles. The van der Waals surface area contributed by atoms with Crippen LogP contribution in [-0.2, 0) is 0 Å². The molecule has 1 aliphatic rings. The third kappa shape index (κ3) is 5.99. The Labute approximate surface area is 215 Å².